The Hall–Kier alpha value is -2.08. The van der Waals surface area contributed by atoms with Crippen LogP contribution in [0.5, 0.6) is 0 Å². The van der Waals surface area contributed by atoms with Crippen molar-refractivity contribution in [2.45, 2.75) is 45.6 Å². The number of likely N-dealkylation sites (tertiary alicyclic amines) is 1. The van der Waals surface area contributed by atoms with Gasteiger partial charge in [-0.05, 0) is 37.3 Å². The van der Waals surface area contributed by atoms with Gasteiger partial charge < -0.3 is 14.9 Å². The molecule has 0 spiro atoms. The summed E-state index contributed by atoms with van der Waals surface area (Å²) in [5, 5.41) is 9.64. The second kappa shape index (κ2) is 9.03. The van der Waals surface area contributed by atoms with Crippen LogP contribution in [0.25, 0.3) is 0 Å². The molecule has 1 aliphatic heterocycles. The normalized spacial score (nSPS) is 17.5. The van der Waals surface area contributed by atoms with Crippen molar-refractivity contribution in [1.82, 2.24) is 9.80 Å². The van der Waals surface area contributed by atoms with Crippen molar-refractivity contribution in [2.75, 3.05) is 19.6 Å². The van der Waals surface area contributed by atoms with Gasteiger partial charge in [0, 0.05) is 31.1 Å². The summed E-state index contributed by atoms with van der Waals surface area (Å²) in [4.78, 5) is 38.6. The number of amides is 2. The second-order valence-electron chi connectivity index (χ2n) is 6.73. The molecule has 0 aliphatic carbocycles. The van der Waals surface area contributed by atoms with E-state index < -0.39 is 5.97 Å². The molecule has 7 heteroatoms. The first-order chi connectivity index (χ1) is 12.3. The molecule has 1 aromatic rings. The van der Waals surface area contributed by atoms with Crippen LogP contribution in [0.4, 0.5) is 0 Å². The summed E-state index contributed by atoms with van der Waals surface area (Å²) in [5.41, 5.74) is 1.76. The summed E-state index contributed by atoms with van der Waals surface area (Å²) < 4.78 is 0. The SMILES string of the molecule is CC(=O)N(CC(=O)O)C1CCCN(C(=O)Cc2cccc(C)c2Cl)CC1. The van der Waals surface area contributed by atoms with E-state index in [-0.39, 0.29) is 30.8 Å². The van der Waals surface area contributed by atoms with Gasteiger partial charge in [-0.25, -0.2) is 0 Å². The Morgan fingerprint density at radius 1 is 1.27 bits per heavy atom. The van der Waals surface area contributed by atoms with Crippen molar-refractivity contribution in [3.63, 3.8) is 0 Å². The minimum Gasteiger partial charge on any atom is -0.480 e. The topological polar surface area (TPSA) is 77.9 Å². The Morgan fingerprint density at radius 3 is 2.65 bits per heavy atom. The van der Waals surface area contributed by atoms with E-state index in [9.17, 15) is 14.4 Å². The highest BCUT2D eigenvalue weighted by atomic mass is 35.5. The number of carboxylic acids is 1. The van der Waals surface area contributed by atoms with Gasteiger partial charge in [-0.2, -0.15) is 0 Å². The lowest BCUT2D eigenvalue weighted by Crippen LogP contribution is -2.43. The Kier molecular flexibility index (Phi) is 7.03. The van der Waals surface area contributed by atoms with Gasteiger partial charge >= 0.3 is 5.97 Å². The van der Waals surface area contributed by atoms with Crippen LogP contribution >= 0.6 is 11.6 Å². The van der Waals surface area contributed by atoms with Gasteiger partial charge in [0.2, 0.25) is 11.8 Å². The van der Waals surface area contributed by atoms with Crippen LogP contribution in [0.3, 0.4) is 0 Å². The highest BCUT2D eigenvalue weighted by molar-refractivity contribution is 6.32. The molecule has 2 rings (SSSR count). The standard InChI is InChI=1S/C19H25ClN2O4/c1-13-5-3-6-15(19(13)20)11-17(24)21-9-4-7-16(8-10-21)22(14(2)23)12-18(25)26/h3,5-6,16H,4,7-12H2,1-2H3,(H,25,26). The summed E-state index contributed by atoms with van der Waals surface area (Å²) >= 11 is 6.29. The Bertz CT molecular complexity index is 692. The minimum atomic E-state index is -1.02. The fraction of sp³-hybridized carbons (Fsp3) is 0.526. The maximum absolute atomic E-state index is 12.7. The second-order valence-corrected chi connectivity index (χ2v) is 7.11. The average Bonchev–Trinajstić information content (AvgIpc) is 2.82. The minimum absolute atomic E-state index is 0.00533. The molecule has 0 aromatic heterocycles. The number of benzene rings is 1. The van der Waals surface area contributed by atoms with Gasteiger partial charge in [0.1, 0.15) is 6.54 Å². The zero-order valence-electron chi connectivity index (χ0n) is 15.2. The molecule has 1 heterocycles. The molecule has 0 radical (unpaired) electrons. The first-order valence-corrected chi connectivity index (χ1v) is 9.18. The number of carboxylic acid groups (broad SMARTS) is 1. The van der Waals surface area contributed by atoms with Crippen LogP contribution < -0.4 is 0 Å². The van der Waals surface area contributed by atoms with E-state index in [0.29, 0.717) is 31.0 Å². The van der Waals surface area contributed by atoms with Crippen molar-refractivity contribution in [3.05, 3.63) is 34.3 Å². The molecular formula is C19H25ClN2O4. The molecule has 1 unspecified atom stereocenters. The first-order valence-electron chi connectivity index (χ1n) is 8.80. The first kappa shape index (κ1) is 20.2. The summed E-state index contributed by atoms with van der Waals surface area (Å²) in [6.45, 7) is 4.11. The number of hydrogen-bond donors (Lipinski definition) is 1. The Balaban J connectivity index is 2.01. The molecule has 1 N–H and O–H groups in total. The van der Waals surface area contributed by atoms with Crippen molar-refractivity contribution < 1.29 is 19.5 Å². The van der Waals surface area contributed by atoms with Gasteiger partial charge in [-0.15, -0.1) is 0 Å². The highest BCUT2D eigenvalue weighted by Gasteiger charge is 2.27. The zero-order chi connectivity index (χ0) is 19.3. The number of hydrogen-bond acceptors (Lipinski definition) is 3. The van der Waals surface area contributed by atoms with Crippen LogP contribution in [-0.2, 0) is 20.8 Å². The van der Waals surface area contributed by atoms with Crippen LogP contribution in [-0.4, -0.2) is 58.4 Å². The molecule has 0 bridgehead atoms. The van der Waals surface area contributed by atoms with Gasteiger partial charge in [-0.3, -0.25) is 14.4 Å². The number of nitrogens with zero attached hydrogens (tertiary/aromatic N) is 2. The molecule has 1 fully saturated rings. The molecule has 26 heavy (non-hydrogen) atoms. The van der Waals surface area contributed by atoms with Gasteiger partial charge in [-0.1, -0.05) is 29.8 Å². The van der Waals surface area contributed by atoms with Crippen LogP contribution in [0.1, 0.15) is 37.3 Å². The summed E-state index contributed by atoms with van der Waals surface area (Å²) in [6.07, 6.45) is 2.26. The maximum atomic E-state index is 12.7. The number of aryl methyl sites for hydroxylation is 1. The summed E-state index contributed by atoms with van der Waals surface area (Å²) in [6, 6.07) is 5.51. The molecule has 2 amide bonds. The van der Waals surface area contributed by atoms with Gasteiger partial charge in [0.05, 0.1) is 6.42 Å². The highest BCUT2D eigenvalue weighted by Crippen LogP contribution is 2.22. The molecule has 1 aliphatic rings. The van der Waals surface area contributed by atoms with Crippen molar-refractivity contribution >= 4 is 29.4 Å². The Morgan fingerprint density at radius 2 is 2.00 bits per heavy atom. The van der Waals surface area contributed by atoms with E-state index in [0.717, 1.165) is 17.5 Å². The molecule has 1 atom stereocenters. The number of halogens is 1. The number of rotatable bonds is 5. The van der Waals surface area contributed by atoms with E-state index in [1.807, 2.05) is 25.1 Å². The molecule has 142 valence electrons. The summed E-state index contributed by atoms with van der Waals surface area (Å²) in [7, 11) is 0. The van der Waals surface area contributed by atoms with Crippen molar-refractivity contribution in [1.29, 1.82) is 0 Å². The molecule has 0 saturated carbocycles. The third-order valence-corrected chi connectivity index (χ3v) is 5.36. The van der Waals surface area contributed by atoms with Gasteiger partial charge in [0.25, 0.3) is 0 Å². The fourth-order valence-corrected chi connectivity index (χ4v) is 3.60. The molecule has 6 nitrogen and oxygen atoms in total. The number of carbonyl (C=O) groups excluding carboxylic acids is 2. The quantitative estimate of drug-likeness (QED) is 0.851. The van der Waals surface area contributed by atoms with Crippen LogP contribution in [0, 0.1) is 6.92 Å². The maximum Gasteiger partial charge on any atom is 0.323 e. The van der Waals surface area contributed by atoms with E-state index in [1.165, 1.54) is 11.8 Å². The molecule has 1 aromatic carbocycles. The van der Waals surface area contributed by atoms with E-state index in [2.05, 4.69) is 0 Å². The van der Waals surface area contributed by atoms with Crippen LogP contribution in [0.15, 0.2) is 18.2 Å². The predicted molar refractivity (Wildman–Crippen MR) is 99.1 cm³/mol. The van der Waals surface area contributed by atoms with Crippen LogP contribution in [0.2, 0.25) is 5.02 Å². The average molecular weight is 381 g/mol. The lowest BCUT2D eigenvalue weighted by molar-refractivity contribution is -0.145. The van der Waals surface area contributed by atoms with Crippen molar-refractivity contribution in [3.8, 4) is 0 Å². The largest absolute Gasteiger partial charge is 0.480 e. The molecule has 1 saturated heterocycles. The smallest absolute Gasteiger partial charge is 0.323 e. The van der Waals surface area contributed by atoms with Crippen molar-refractivity contribution in [2.24, 2.45) is 0 Å². The lowest BCUT2D eigenvalue weighted by atomic mass is 10.1. The lowest BCUT2D eigenvalue weighted by Gasteiger charge is -2.29. The Labute approximate surface area is 158 Å². The van der Waals surface area contributed by atoms with E-state index in [4.69, 9.17) is 16.7 Å². The number of aliphatic carboxylic acids is 1. The third kappa shape index (κ3) is 5.21. The van der Waals surface area contributed by atoms with E-state index >= 15 is 0 Å². The van der Waals surface area contributed by atoms with E-state index in [1.54, 1.807) is 4.90 Å². The number of carbonyl (C=O) groups is 3. The monoisotopic (exact) mass is 380 g/mol. The fourth-order valence-electron chi connectivity index (χ4n) is 3.40. The third-order valence-electron chi connectivity index (χ3n) is 4.81. The van der Waals surface area contributed by atoms with Gasteiger partial charge in [0.15, 0.2) is 0 Å². The predicted octanol–water partition coefficient (Wildman–Crippen LogP) is 2.51. The summed E-state index contributed by atoms with van der Waals surface area (Å²) in [5.74, 6) is -1.26. The zero-order valence-corrected chi connectivity index (χ0v) is 16.0. The molecular weight excluding hydrogens is 356 g/mol.